The summed E-state index contributed by atoms with van der Waals surface area (Å²) < 4.78 is 31.5. The van der Waals surface area contributed by atoms with Crippen LogP contribution in [0.5, 0.6) is 0 Å². The maximum absolute atomic E-state index is 13.4. The van der Waals surface area contributed by atoms with Gasteiger partial charge in [0, 0.05) is 44.4 Å². The van der Waals surface area contributed by atoms with E-state index in [1.54, 1.807) is 17.0 Å². The van der Waals surface area contributed by atoms with Crippen LogP contribution in [0.1, 0.15) is 32.7 Å². The number of carbonyl (C=O) groups excluding carboxylic acids is 2. The first kappa shape index (κ1) is 19.9. The molecule has 0 unspecified atom stereocenters. The number of hydrogen-bond donors (Lipinski definition) is 0. The summed E-state index contributed by atoms with van der Waals surface area (Å²) in [5.41, 5.74) is 1.59. The molecule has 0 atom stereocenters. The van der Waals surface area contributed by atoms with Crippen LogP contribution in [0.4, 0.5) is 8.78 Å². The van der Waals surface area contributed by atoms with Crippen LogP contribution >= 0.6 is 0 Å². The van der Waals surface area contributed by atoms with Crippen LogP contribution in [0, 0.1) is 11.6 Å². The Kier molecular flexibility index (Phi) is 6.36. The number of amides is 1. The van der Waals surface area contributed by atoms with E-state index in [1.165, 1.54) is 7.11 Å². The van der Waals surface area contributed by atoms with E-state index >= 15 is 0 Å². The molecule has 2 aromatic carbocycles. The van der Waals surface area contributed by atoms with E-state index in [-0.39, 0.29) is 17.4 Å². The van der Waals surface area contributed by atoms with Crippen LogP contribution in [0.2, 0.25) is 0 Å². The zero-order chi connectivity index (χ0) is 20.1. The maximum Gasteiger partial charge on any atom is 0.337 e. The van der Waals surface area contributed by atoms with Gasteiger partial charge in [-0.1, -0.05) is 12.1 Å². The van der Waals surface area contributed by atoms with E-state index in [2.05, 4.69) is 4.90 Å². The highest BCUT2D eigenvalue weighted by atomic mass is 19.1. The molecular formula is C21H22F2N2O3. The van der Waals surface area contributed by atoms with E-state index in [0.717, 1.165) is 36.7 Å². The topological polar surface area (TPSA) is 49.9 Å². The van der Waals surface area contributed by atoms with Crippen LogP contribution in [0.3, 0.4) is 0 Å². The van der Waals surface area contributed by atoms with Gasteiger partial charge in [0.2, 0.25) is 0 Å². The van der Waals surface area contributed by atoms with E-state index in [1.807, 2.05) is 12.1 Å². The minimum absolute atomic E-state index is 0.0318. The van der Waals surface area contributed by atoms with Gasteiger partial charge in [-0.15, -0.1) is 0 Å². The van der Waals surface area contributed by atoms with Crippen molar-refractivity contribution in [3.63, 3.8) is 0 Å². The molecule has 1 fully saturated rings. The van der Waals surface area contributed by atoms with Crippen molar-refractivity contribution in [2.24, 2.45) is 0 Å². The molecule has 0 aromatic heterocycles. The van der Waals surface area contributed by atoms with Crippen molar-refractivity contribution >= 4 is 11.9 Å². The number of ether oxygens (including phenoxy) is 1. The molecule has 2 aromatic rings. The van der Waals surface area contributed by atoms with Gasteiger partial charge in [-0.2, -0.15) is 0 Å². The molecule has 0 radical (unpaired) electrons. The monoisotopic (exact) mass is 388 g/mol. The third kappa shape index (κ3) is 4.92. The lowest BCUT2D eigenvalue weighted by Crippen LogP contribution is -2.35. The van der Waals surface area contributed by atoms with Crippen molar-refractivity contribution in [3.05, 3.63) is 70.8 Å². The first-order valence-corrected chi connectivity index (χ1v) is 9.11. The quantitative estimate of drug-likeness (QED) is 0.756. The molecule has 0 bridgehead atoms. The summed E-state index contributed by atoms with van der Waals surface area (Å²) in [5.74, 6) is -2.24. The molecule has 0 aliphatic carbocycles. The number of nitrogens with zero attached hydrogens (tertiary/aromatic N) is 2. The smallest absolute Gasteiger partial charge is 0.337 e. The Labute approximate surface area is 162 Å². The van der Waals surface area contributed by atoms with Gasteiger partial charge in [-0.3, -0.25) is 9.69 Å². The third-order valence-corrected chi connectivity index (χ3v) is 4.77. The molecule has 1 aliphatic heterocycles. The molecule has 5 nitrogen and oxygen atoms in total. The fourth-order valence-corrected chi connectivity index (χ4v) is 3.31. The molecular weight excluding hydrogens is 366 g/mol. The van der Waals surface area contributed by atoms with Gasteiger partial charge < -0.3 is 9.64 Å². The van der Waals surface area contributed by atoms with Crippen molar-refractivity contribution in [3.8, 4) is 0 Å². The zero-order valence-electron chi connectivity index (χ0n) is 15.7. The summed E-state index contributed by atoms with van der Waals surface area (Å²) >= 11 is 0. The number of hydrogen-bond acceptors (Lipinski definition) is 4. The molecule has 0 N–H and O–H groups in total. The van der Waals surface area contributed by atoms with Gasteiger partial charge in [0.05, 0.1) is 12.7 Å². The lowest BCUT2D eigenvalue weighted by atomic mass is 10.1. The summed E-state index contributed by atoms with van der Waals surface area (Å²) in [6, 6.07) is 10.1. The fourth-order valence-electron chi connectivity index (χ4n) is 3.31. The number of benzene rings is 2. The second-order valence-electron chi connectivity index (χ2n) is 6.77. The second kappa shape index (κ2) is 8.93. The highest BCUT2D eigenvalue weighted by Crippen LogP contribution is 2.15. The molecule has 7 heteroatoms. The van der Waals surface area contributed by atoms with Gasteiger partial charge >= 0.3 is 5.97 Å². The molecule has 3 rings (SSSR count). The predicted molar refractivity (Wildman–Crippen MR) is 99.9 cm³/mol. The average molecular weight is 388 g/mol. The van der Waals surface area contributed by atoms with Crippen LogP contribution < -0.4 is 0 Å². The Bertz CT molecular complexity index is 835. The van der Waals surface area contributed by atoms with E-state index in [9.17, 15) is 18.4 Å². The average Bonchev–Trinajstić information content (AvgIpc) is 2.92. The number of halogens is 2. The van der Waals surface area contributed by atoms with E-state index in [0.29, 0.717) is 31.7 Å². The second-order valence-corrected chi connectivity index (χ2v) is 6.77. The molecule has 1 aliphatic rings. The van der Waals surface area contributed by atoms with Crippen LogP contribution in [-0.4, -0.2) is 55.0 Å². The number of carbonyl (C=O) groups is 2. The standard InChI is InChI=1S/C21H22F2N2O3/c1-28-21(27)16-5-3-15(4-6-16)14-24-7-2-8-25(10-9-24)20(26)17-11-18(22)13-19(23)12-17/h3-6,11-13H,2,7-10,14H2,1H3. The molecule has 148 valence electrons. The number of esters is 1. The van der Waals surface area contributed by atoms with E-state index in [4.69, 9.17) is 4.74 Å². The lowest BCUT2D eigenvalue weighted by Gasteiger charge is -2.22. The fraction of sp³-hybridized carbons (Fsp3) is 0.333. The molecule has 0 saturated carbocycles. The van der Waals surface area contributed by atoms with Crippen molar-refractivity contribution in [2.45, 2.75) is 13.0 Å². The van der Waals surface area contributed by atoms with Crippen molar-refractivity contribution in [2.75, 3.05) is 33.3 Å². The first-order valence-electron chi connectivity index (χ1n) is 9.11. The minimum Gasteiger partial charge on any atom is -0.465 e. The highest BCUT2D eigenvalue weighted by molar-refractivity contribution is 5.94. The first-order chi connectivity index (χ1) is 13.5. The SMILES string of the molecule is COC(=O)c1ccc(CN2CCCN(C(=O)c3cc(F)cc(F)c3)CC2)cc1. The summed E-state index contributed by atoms with van der Waals surface area (Å²) in [7, 11) is 1.35. The third-order valence-electron chi connectivity index (χ3n) is 4.77. The molecule has 28 heavy (non-hydrogen) atoms. The molecule has 0 spiro atoms. The Balaban J connectivity index is 1.60. The van der Waals surface area contributed by atoms with Gasteiger partial charge in [-0.25, -0.2) is 13.6 Å². The summed E-state index contributed by atoms with van der Waals surface area (Å²) in [6.07, 6.45) is 0.768. The van der Waals surface area contributed by atoms with Crippen molar-refractivity contribution in [1.82, 2.24) is 9.80 Å². The Morgan fingerprint density at radius 2 is 1.61 bits per heavy atom. The van der Waals surface area contributed by atoms with E-state index < -0.39 is 11.6 Å². The van der Waals surface area contributed by atoms with Crippen molar-refractivity contribution < 1.29 is 23.1 Å². The highest BCUT2D eigenvalue weighted by Gasteiger charge is 2.21. The maximum atomic E-state index is 13.4. The van der Waals surface area contributed by atoms with Crippen LogP contribution in [-0.2, 0) is 11.3 Å². The molecule has 1 amide bonds. The zero-order valence-corrected chi connectivity index (χ0v) is 15.7. The Morgan fingerprint density at radius 1 is 0.929 bits per heavy atom. The largest absolute Gasteiger partial charge is 0.465 e. The summed E-state index contributed by atoms with van der Waals surface area (Å²) in [5, 5.41) is 0. The summed E-state index contributed by atoms with van der Waals surface area (Å²) in [6.45, 7) is 3.17. The summed E-state index contributed by atoms with van der Waals surface area (Å²) in [4.78, 5) is 27.9. The van der Waals surface area contributed by atoms with Crippen LogP contribution in [0.25, 0.3) is 0 Å². The Hall–Kier alpha value is -2.80. The van der Waals surface area contributed by atoms with Crippen LogP contribution in [0.15, 0.2) is 42.5 Å². The minimum atomic E-state index is -0.754. The van der Waals surface area contributed by atoms with Gasteiger partial charge in [0.15, 0.2) is 0 Å². The van der Waals surface area contributed by atoms with Gasteiger partial charge in [0.25, 0.3) is 5.91 Å². The Morgan fingerprint density at radius 3 is 2.25 bits per heavy atom. The normalized spacial score (nSPS) is 15.2. The predicted octanol–water partition coefficient (Wildman–Crippen LogP) is 3.10. The molecule has 1 saturated heterocycles. The van der Waals surface area contributed by atoms with Crippen molar-refractivity contribution in [1.29, 1.82) is 0 Å². The number of rotatable bonds is 4. The van der Waals surface area contributed by atoms with Gasteiger partial charge in [0.1, 0.15) is 11.6 Å². The lowest BCUT2D eigenvalue weighted by molar-refractivity contribution is 0.0600. The number of methoxy groups -OCH3 is 1. The molecule has 1 heterocycles. The van der Waals surface area contributed by atoms with Gasteiger partial charge in [-0.05, 0) is 36.2 Å².